The van der Waals surface area contributed by atoms with Gasteiger partial charge in [-0.25, -0.2) is 12.7 Å². The second-order valence-electron chi connectivity index (χ2n) is 5.52. The smallest absolute Gasteiger partial charge is 0.213 e. The second-order valence-corrected chi connectivity index (χ2v) is 8.24. The zero-order valence-corrected chi connectivity index (χ0v) is 14.2. The summed E-state index contributed by atoms with van der Waals surface area (Å²) in [5, 5.41) is 0.797. The Balaban J connectivity index is 1.91. The van der Waals surface area contributed by atoms with Crippen LogP contribution in [0.1, 0.15) is 25.3 Å². The number of nitrogens with zero attached hydrogens (tertiary/aromatic N) is 2. The average molecular weight is 331 g/mol. The highest BCUT2D eigenvalue weighted by molar-refractivity contribution is 7.89. The minimum Gasteiger partial charge on any atom is -0.299 e. The van der Waals surface area contributed by atoms with Crippen LogP contribution in [0.2, 0.25) is 5.02 Å². The van der Waals surface area contributed by atoms with E-state index in [1.54, 1.807) is 18.3 Å². The van der Waals surface area contributed by atoms with Crippen LogP contribution in [-0.4, -0.2) is 49.6 Å². The molecule has 0 N–H and O–H groups in total. The van der Waals surface area contributed by atoms with Crippen LogP contribution in [-0.2, 0) is 16.6 Å². The van der Waals surface area contributed by atoms with Gasteiger partial charge in [-0.15, -0.1) is 0 Å². The molecule has 0 amide bonds. The summed E-state index contributed by atoms with van der Waals surface area (Å²) in [5.41, 5.74) is 1.13. The van der Waals surface area contributed by atoms with Crippen molar-refractivity contribution in [1.29, 1.82) is 0 Å². The zero-order valence-electron chi connectivity index (χ0n) is 12.6. The highest BCUT2D eigenvalue weighted by Gasteiger charge is 2.28. The maximum Gasteiger partial charge on any atom is 0.213 e. The molecule has 1 aliphatic heterocycles. The van der Waals surface area contributed by atoms with Gasteiger partial charge in [-0.2, -0.15) is 0 Å². The van der Waals surface area contributed by atoms with E-state index in [1.165, 1.54) is 0 Å². The first-order valence-corrected chi connectivity index (χ1v) is 9.34. The Bertz CT molecular complexity index is 569. The lowest BCUT2D eigenvalue weighted by Gasteiger charge is -2.36. The summed E-state index contributed by atoms with van der Waals surface area (Å²) >= 11 is 6.19. The van der Waals surface area contributed by atoms with Gasteiger partial charge in [0.05, 0.1) is 5.75 Å². The summed E-state index contributed by atoms with van der Waals surface area (Å²) in [6.45, 7) is 4.33. The van der Waals surface area contributed by atoms with E-state index in [0.29, 0.717) is 0 Å². The number of halogens is 1. The molecule has 0 aliphatic carbocycles. The molecule has 1 aliphatic rings. The van der Waals surface area contributed by atoms with Gasteiger partial charge in [0.25, 0.3) is 0 Å². The fourth-order valence-corrected chi connectivity index (χ4v) is 4.01. The Hall–Kier alpha value is -0.620. The van der Waals surface area contributed by atoms with Crippen LogP contribution in [0.15, 0.2) is 24.3 Å². The predicted octanol–water partition coefficient (Wildman–Crippen LogP) is 2.59. The van der Waals surface area contributed by atoms with Crippen molar-refractivity contribution in [3.8, 4) is 0 Å². The van der Waals surface area contributed by atoms with E-state index in [9.17, 15) is 8.42 Å². The van der Waals surface area contributed by atoms with E-state index >= 15 is 0 Å². The molecule has 6 heteroatoms. The molecule has 0 saturated carbocycles. The molecule has 1 saturated heterocycles. The number of sulfonamides is 1. The minimum atomic E-state index is -3.09. The number of benzene rings is 1. The first kappa shape index (κ1) is 16.7. The molecule has 0 spiro atoms. The number of rotatable bonds is 5. The molecule has 0 aromatic heterocycles. The van der Waals surface area contributed by atoms with Crippen molar-refractivity contribution >= 4 is 21.6 Å². The summed E-state index contributed by atoms with van der Waals surface area (Å²) in [6.07, 6.45) is 1.75. The van der Waals surface area contributed by atoms with Gasteiger partial charge in [0, 0.05) is 37.7 Å². The molecular weight excluding hydrogens is 308 g/mol. The first-order chi connectivity index (χ1) is 9.94. The summed E-state index contributed by atoms with van der Waals surface area (Å²) in [5.74, 6) is 0.170. The second kappa shape index (κ2) is 7.09. The number of hydrogen-bond donors (Lipinski definition) is 0. The molecule has 118 valence electrons. The van der Waals surface area contributed by atoms with Crippen LogP contribution < -0.4 is 0 Å². The van der Waals surface area contributed by atoms with Gasteiger partial charge >= 0.3 is 0 Å². The molecule has 0 radical (unpaired) electrons. The summed E-state index contributed by atoms with van der Waals surface area (Å²) in [6, 6.07) is 8.00. The average Bonchev–Trinajstić information content (AvgIpc) is 2.49. The Morgan fingerprint density at radius 2 is 1.90 bits per heavy atom. The van der Waals surface area contributed by atoms with Crippen molar-refractivity contribution in [3.05, 3.63) is 34.9 Å². The van der Waals surface area contributed by atoms with Crippen LogP contribution in [0.25, 0.3) is 0 Å². The van der Waals surface area contributed by atoms with E-state index in [-0.39, 0.29) is 11.8 Å². The largest absolute Gasteiger partial charge is 0.299 e. The van der Waals surface area contributed by atoms with Crippen LogP contribution in [0, 0.1) is 0 Å². The fraction of sp³-hybridized carbons (Fsp3) is 0.600. The molecule has 4 nitrogen and oxygen atoms in total. The van der Waals surface area contributed by atoms with Crippen LogP contribution in [0.5, 0.6) is 0 Å². The van der Waals surface area contributed by atoms with Crippen molar-refractivity contribution in [3.63, 3.8) is 0 Å². The SMILES string of the molecule is CCS(=O)(=O)N(C)C1CCN(Cc2ccccc2Cl)CC1. The summed E-state index contributed by atoms with van der Waals surface area (Å²) < 4.78 is 25.4. The topological polar surface area (TPSA) is 40.6 Å². The molecule has 0 bridgehead atoms. The molecule has 1 aromatic rings. The molecule has 2 rings (SSSR count). The van der Waals surface area contributed by atoms with Gasteiger partial charge in [0.15, 0.2) is 0 Å². The predicted molar refractivity (Wildman–Crippen MR) is 87.0 cm³/mol. The Kier molecular flexibility index (Phi) is 5.66. The third-order valence-corrected chi connectivity index (χ3v) is 6.50. The van der Waals surface area contributed by atoms with E-state index in [1.807, 2.05) is 24.3 Å². The van der Waals surface area contributed by atoms with Gasteiger partial charge in [-0.1, -0.05) is 29.8 Å². The lowest BCUT2D eigenvalue weighted by Crippen LogP contribution is -2.45. The minimum absolute atomic E-state index is 0.123. The van der Waals surface area contributed by atoms with Gasteiger partial charge in [-0.3, -0.25) is 4.90 Å². The molecule has 0 atom stereocenters. The number of hydrogen-bond acceptors (Lipinski definition) is 3. The standard InChI is InChI=1S/C15H23ClN2O2S/c1-3-21(19,20)17(2)14-8-10-18(11-9-14)12-13-6-4-5-7-15(13)16/h4-7,14H,3,8-12H2,1-2H3. The summed E-state index contributed by atoms with van der Waals surface area (Å²) in [4.78, 5) is 2.34. The molecule has 1 fully saturated rings. The maximum atomic E-state index is 11.9. The van der Waals surface area contributed by atoms with Crippen LogP contribution in [0.4, 0.5) is 0 Å². The molecule has 21 heavy (non-hydrogen) atoms. The van der Waals surface area contributed by atoms with E-state index in [4.69, 9.17) is 11.6 Å². The lowest BCUT2D eigenvalue weighted by atomic mass is 10.0. The zero-order chi connectivity index (χ0) is 15.5. The monoisotopic (exact) mass is 330 g/mol. The normalized spacial score (nSPS) is 18.3. The maximum absolute atomic E-state index is 11.9. The van der Waals surface area contributed by atoms with Crippen LogP contribution >= 0.6 is 11.6 Å². The van der Waals surface area contributed by atoms with Gasteiger partial charge in [0.1, 0.15) is 0 Å². The number of piperidine rings is 1. The van der Waals surface area contributed by atoms with Crippen molar-refractivity contribution in [2.45, 2.75) is 32.4 Å². The van der Waals surface area contributed by atoms with Crippen LogP contribution in [0.3, 0.4) is 0 Å². The highest BCUT2D eigenvalue weighted by Crippen LogP contribution is 2.22. The fourth-order valence-electron chi connectivity index (χ4n) is 2.74. The van der Waals surface area contributed by atoms with Crippen molar-refractivity contribution in [2.24, 2.45) is 0 Å². The van der Waals surface area contributed by atoms with E-state index in [0.717, 1.165) is 43.1 Å². The first-order valence-electron chi connectivity index (χ1n) is 7.35. The quantitative estimate of drug-likeness (QED) is 0.833. The van der Waals surface area contributed by atoms with Crippen molar-refractivity contribution < 1.29 is 8.42 Å². The van der Waals surface area contributed by atoms with E-state index in [2.05, 4.69) is 4.90 Å². The molecule has 1 aromatic carbocycles. The lowest BCUT2D eigenvalue weighted by molar-refractivity contribution is 0.164. The van der Waals surface area contributed by atoms with Crippen molar-refractivity contribution in [1.82, 2.24) is 9.21 Å². The number of likely N-dealkylation sites (tertiary alicyclic amines) is 1. The highest BCUT2D eigenvalue weighted by atomic mass is 35.5. The Labute approximate surface area is 132 Å². The Morgan fingerprint density at radius 1 is 1.29 bits per heavy atom. The van der Waals surface area contributed by atoms with Gasteiger partial charge < -0.3 is 0 Å². The van der Waals surface area contributed by atoms with E-state index < -0.39 is 10.0 Å². The van der Waals surface area contributed by atoms with Crippen molar-refractivity contribution in [2.75, 3.05) is 25.9 Å². The third-order valence-electron chi connectivity index (χ3n) is 4.23. The molecule has 0 unspecified atom stereocenters. The summed E-state index contributed by atoms with van der Waals surface area (Å²) in [7, 11) is -1.39. The van der Waals surface area contributed by atoms with Gasteiger partial charge in [0.2, 0.25) is 10.0 Å². The molecular formula is C15H23ClN2O2S. The van der Waals surface area contributed by atoms with Gasteiger partial charge in [-0.05, 0) is 31.4 Å². The molecule has 1 heterocycles. The third kappa shape index (κ3) is 4.19. The Morgan fingerprint density at radius 3 is 2.48 bits per heavy atom.